The van der Waals surface area contributed by atoms with Crippen molar-refractivity contribution in [2.75, 3.05) is 0 Å². The van der Waals surface area contributed by atoms with E-state index in [1.54, 1.807) is 18.3 Å². The number of hydrogen-bond donors (Lipinski definition) is 2. The third kappa shape index (κ3) is 2.63. The molecule has 0 aliphatic rings. The molecule has 4 rings (SSSR count). The molecule has 25 heavy (non-hydrogen) atoms. The number of Topliss-reactive ketones (excluding diaryl/α,β-unsaturated/α-hetero) is 1. The van der Waals surface area contributed by atoms with Crippen molar-refractivity contribution in [3.63, 3.8) is 0 Å². The molecule has 0 radical (unpaired) electrons. The molecule has 0 saturated heterocycles. The second kappa shape index (κ2) is 6.05. The van der Waals surface area contributed by atoms with Gasteiger partial charge < -0.3 is 9.97 Å². The largest absolute Gasteiger partial charge is 0.364 e. The molecule has 3 aromatic heterocycles. The molecule has 1 aromatic carbocycles. The molecule has 0 aliphatic carbocycles. The lowest BCUT2D eigenvalue weighted by Gasteiger charge is -2.14. The van der Waals surface area contributed by atoms with Crippen molar-refractivity contribution >= 4 is 27.2 Å². The van der Waals surface area contributed by atoms with Crippen LogP contribution in [0.25, 0.3) is 10.1 Å². The van der Waals surface area contributed by atoms with E-state index in [-0.39, 0.29) is 11.7 Å². The van der Waals surface area contributed by atoms with Crippen LogP contribution in [0.1, 0.15) is 50.7 Å². The van der Waals surface area contributed by atoms with E-state index >= 15 is 0 Å². The highest BCUT2D eigenvalue weighted by Crippen LogP contribution is 2.40. The van der Waals surface area contributed by atoms with Crippen molar-refractivity contribution in [1.82, 2.24) is 9.97 Å². The Balaban J connectivity index is 1.94. The van der Waals surface area contributed by atoms with Gasteiger partial charge in [-0.2, -0.15) is 0 Å². The summed E-state index contributed by atoms with van der Waals surface area (Å²) in [7, 11) is 0. The van der Waals surface area contributed by atoms with Gasteiger partial charge in [-0.25, -0.2) is 0 Å². The first-order valence-electron chi connectivity index (χ1n) is 8.38. The number of aromatic amines is 2. The Kier molecular flexibility index (Phi) is 3.85. The molecule has 1 unspecified atom stereocenters. The zero-order chi connectivity index (χ0) is 17.6. The number of nitrogens with one attached hydrogen (secondary N) is 2. The number of carbonyl (C=O) groups is 1. The third-order valence-electron chi connectivity index (χ3n) is 4.78. The number of carbonyl (C=O) groups excluding carboxylic acids is 1. The highest BCUT2D eigenvalue weighted by atomic mass is 32.1. The summed E-state index contributed by atoms with van der Waals surface area (Å²) in [5.74, 6) is 0.179. The summed E-state index contributed by atoms with van der Waals surface area (Å²) in [6.07, 6.45) is 1.95. The lowest BCUT2D eigenvalue weighted by molar-refractivity contribution is 0.101. The van der Waals surface area contributed by atoms with E-state index in [2.05, 4.69) is 46.4 Å². The zero-order valence-corrected chi connectivity index (χ0v) is 15.3. The number of rotatable bonds is 4. The van der Waals surface area contributed by atoms with Crippen LogP contribution in [-0.4, -0.2) is 15.8 Å². The average Bonchev–Trinajstić information content (AvgIpc) is 3.28. The lowest BCUT2D eigenvalue weighted by Crippen LogP contribution is -2.04. The number of hydrogen-bond acceptors (Lipinski definition) is 2. The minimum atomic E-state index is 0.0687. The molecule has 0 saturated carbocycles. The van der Waals surface area contributed by atoms with Crippen molar-refractivity contribution < 1.29 is 4.79 Å². The molecule has 0 spiro atoms. The summed E-state index contributed by atoms with van der Waals surface area (Å²) in [4.78, 5) is 20.2. The van der Waals surface area contributed by atoms with Gasteiger partial charge in [-0.1, -0.05) is 18.2 Å². The standard InChI is InChI=1S/C21H20N2OS/c1-12-19(14(3)24)13(2)23-21(12)20(16-8-6-10-22-16)18-11-15-7-4-5-9-17(15)25-18/h4-11,20,22-23H,1-3H3. The number of benzene rings is 1. The highest BCUT2D eigenvalue weighted by molar-refractivity contribution is 7.19. The van der Waals surface area contributed by atoms with Crippen LogP contribution in [0.2, 0.25) is 0 Å². The Labute approximate surface area is 150 Å². The maximum absolute atomic E-state index is 12.1. The summed E-state index contributed by atoms with van der Waals surface area (Å²) in [5, 5.41) is 1.26. The Bertz CT molecular complexity index is 1020. The second-order valence-corrected chi connectivity index (χ2v) is 7.58. The summed E-state index contributed by atoms with van der Waals surface area (Å²) in [6, 6.07) is 14.8. The van der Waals surface area contributed by atoms with Gasteiger partial charge >= 0.3 is 0 Å². The molecule has 0 amide bonds. The quantitative estimate of drug-likeness (QED) is 0.466. The van der Waals surface area contributed by atoms with Crippen LogP contribution in [0.5, 0.6) is 0 Å². The van der Waals surface area contributed by atoms with Crippen LogP contribution < -0.4 is 0 Å². The lowest BCUT2D eigenvalue weighted by atomic mass is 9.94. The van der Waals surface area contributed by atoms with Gasteiger partial charge in [-0.3, -0.25) is 4.79 Å². The monoisotopic (exact) mass is 348 g/mol. The van der Waals surface area contributed by atoms with E-state index in [4.69, 9.17) is 0 Å². The third-order valence-corrected chi connectivity index (χ3v) is 5.96. The summed E-state index contributed by atoms with van der Waals surface area (Å²) >= 11 is 1.81. The summed E-state index contributed by atoms with van der Waals surface area (Å²) < 4.78 is 1.28. The van der Waals surface area contributed by atoms with Crippen LogP contribution in [0.15, 0.2) is 48.7 Å². The Morgan fingerprint density at radius 2 is 1.92 bits per heavy atom. The van der Waals surface area contributed by atoms with Gasteiger partial charge in [0.05, 0.1) is 5.92 Å². The van der Waals surface area contributed by atoms with Crippen molar-refractivity contribution in [3.05, 3.63) is 81.7 Å². The van der Waals surface area contributed by atoms with Gasteiger partial charge in [0, 0.05) is 38.4 Å². The number of fused-ring (bicyclic) bond motifs is 1. The second-order valence-electron chi connectivity index (χ2n) is 6.46. The van der Waals surface area contributed by atoms with Crippen molar-refractivity contribution in [3.8, 4) is 0 Å². The molecule has 0 bridgehead atoms. The van der Waals surface area contributed by atoms with Gasteiger partial charge in [0.25, 0.3) is 0 Å². The minimum Gasteiger partial charge on any atom is -0.364 e. The zero-order valence-electron chi connectivity index (χ0n) is 14.5. The number of thiophene rings is 1. The van der Waals surface area contributed by atoms with E-state index in [1.165, 1.54) is 15.0 Å². The average molecular weight is 348 g/mol. The highest BCUT2D eigenvalue weighted by Gasteiger charge is 2.26. The predicted molar refractivity (Wildman–Crippen MR) is 104 cm³/mol. The van der Waals surface area contributed by atoms with Crippen molar-refractivity contribution in [2.24, 2.45) is 0 Å². The van der Waals surface area contributed by atoms with E-state index in [1.807, 2.05) is 26.1 Å². The fourth-order valence-corrected chi connectivity index (χ4v) is 4.90. The Morgan fingerprint density at radius 1 is 1.12 bits per heavy atom. The first-order chi connectivity index (χ1) is 12.1. The van der Waals surface area contributed by atoms with Gasteiger partial charge in [0.2, 0.25) is 0 Å². The van der Waals surface area contributed by atoms with Crippen LogP contribution in [-0.2, 0) is 0 Å². The first-order valence-corrected chi connectivity index (χ1v) is 9.19. The Morgan fingerprint density at radius 3 is 2.56 bits per heavy atom. The van der Waals surface area contributed by atoms with Crippen LogP contribution in [0.3, 0.4) is 0 Å². The molecule has 0 aliphatic heterocycles. The van der Waals surface area contributed by atoms with Crippen molar-refractivity contribution in [1.29, 1.82) is 0 Å². The molecule has 3 nitrogen and oxygen atoms in total. The summed E-state index contributed by atoms with van der Waals surface area (Å²) in [5.41, 5.74) is 5.02. The molecule has 126 valence electrons. The van der Waals surface area contributed by atoms with E-state index < -0.39 is 0 Å². The van der Waals surface area contributed by atoms with Gasteiger partial charge in [-0.05, 0) is 56.0 Å². The maximum Gasteiger partial charge on any atom is 0.161 e. The smallest absolute Gasteiger partial charge is 0.161 e. The summed E-state index contributed by atoms with van der Waals surface area (Å²) in [6.45, 7) is 5.65. The van der Waals surface area contributed by atoms with Crippen molar-refractivity contribution in [2.45, 2.75) is 26.7 Å². The normalized spacial score (nSPS) is 12.6. The maximum atomic E-state index is 12.1. The van der Waals surface area contributed by atoms with E-state index in [0.29, 0.717) is 0 Å². The molecule has 2 N–H and O–H groups in total. The number of aryl methyl sites for hydroxylation is 1. The molecule has 1 atom stereocenters. The molecular weight excluding hydrogens is 328 g/mol. The molecule has 3 heterocycles. The van der Waals surface area contributed by atoms with Gasteiger partial charge in [-0.15, -0.1) is 11.3 Å². The predicted octanol–water partition coefficient (Wildman–Crippen LogP) is 5.56. The van der Waals surface area contributed by atoms with Gasteiger partial charge in [0.15, 0.2) is 5.78 Å². The molecule has 4 heteroatoms. The molecular formula is C21H20N2OS. The SMILES string of the molecule is CC(=O)c1c(C)[nH]c(C(c2ccc[nH]2)c2cc3ccccc3s2)c1C. The number of H-pyrrole nitrogens is 2. The van der Waals surface area contributed by atoms with E-state index in [0.717, 1.165) is 28.2 Å². The van der Waals surface area contributed by atoms with Gasteiger partial charge in [0.1, 0.15) is 0 Å². The number of aromatic nitrogens is 2. The first kappa shape index (κ1) is 15.9. The topological polar surface area (TPSA) is 48.6 Å². The van der Waals surface area contributed by atoms with Crippen LogP contribution >= 0.6 is 11.3 Å². The van der Waals surface area contributed by atoms with Crippen LogP contribution in [0.4, 0.5) is 0 Å². The minimum absolute atomic E-state index is 0.0687. The number of ketones is 1. The Hall–Kier alpha value is -2.59. The molecule has 0 fully saturated rings. The molecule has 4 aromatic rings. The van der Waals surface area contributed by atoms with E-state index in [9.17, 15) is 4.79 Å². The van der Waals surface area contributed by atoms with Crippen LogP contribution in [0, 0.1) is 13.8 Å². The fourth-order valence-electron chi connectivity index (χ4n) is 3.71. The fraction of sp³-hybridized carbons (Fsp3) is 0.190.